The molecule has 1 aliphatic carbocycles. The van der Waals surface area contributed by atoms with Gasteiger partial charge in [0.1, 0.15) is 11.3 Å². The van der Waals surface area contributed by atoms with E-state index in [2.05, 4.69) is 5.32 Å². The largest absolute Gasteiger partial charge is 0.444 e. The summed E-state index contributed by atoms with van der Waals surface area (Å²) in [5.74, 6) is -1.74. The molecule has 0 bridgehead atoms. The minimum Gasteiger partial charge on any atom is -0.444 e. The Balaban J connectivity index is 1.62. The number of ether oxygens (including phenoxy) is 1. The van der Waals surface area contributed by atoms with Crippen LogP contribution in [-0.4, -0.2) is 35.7 Å². The van der Waals surface area contributed by atoms with Crippen molar-refractivity contribution in [3.05, 3.63) is 33.9 Å². The van der Waals surface area contributed by atoms with Gasteiger partial charge >= 0.3 is 6.09 Å². The monoisotopic (exact) mass is 355 g/mol. The number of piperidine rings is 1. The summed E-state index contributed by atoms with van der Waals surface area (Å²) in [6.45, 7) is 6.04. The number of fused-ring (bicyclic) bond motifs is 1. The number of anilines is 1. The first-order chi connectivity index (χ1) is 11.6. The van der Waals surface area contributed by atoms with Crippen LogP contribution in [0.2, 0.25) is 0 Å². The van der Waals surface area contributed by atoms with E-state index in [0.29, 0.717) is 13.1 Å². The van der Waals surface area contributed by atoms with Crippen molar-refractivity contribution in [2.75, 3.05) is 18.0 Å². The molecule has 3 rings (SSSR count). The third-order valence-electron chi connectivity index (χ3n) is 4.41. The predicted octanol–water partition coefficient (Wildman–Crippen LogP) is 2.83. The van der Waals surface area contributed by atoms with Crippen molar-refractivity contribution in [2.45, 2.75) is 32.4 Å². The highest BCUT2D eigenvalue weighted by Gasteiger charge is 2.57. The van der Waals surface area contributed by atoms with Crippen LogP contribution in [0, 0.1) is 33.6 Å². The van der Waals surface area contributed by atoms with Crippen molar-refractivity contribution in [3.8, 4) is 0 Å². The van der Waals surface area contributed by atoms with Crippen molar-refractivity contribution in [1.29, 1.82) is 0 Å². The summed E-state index contributed by atoms with van der Waals surface area (Å²) in [5.41, 5.74) is -1.47. The van der Waals surface area contributed by atoms with Gasteiger partial charge in [0, 0.05) is 31.0 Å². The summed E-state index contributed by atoms with van der Waals surface area (Å²) in [6.07, 6.45) is -0.508. The molecule has 136 valence electrons. The van der Waals surface area contributed by atoms with Crippen LogP contribution in [0.4, 0.5) is 25.0 Å². The van der Waals surface area contributed by atoms with Crippen molar-refractivity contribution in [2.24, 2.45) is 11.8 Å². The number of carbonyl (C=O) groups is 1. The molecule has 1 aliphatic heterocycles. The smallest absolute Gasteiger partial charge is 0.407 e. The fourth-order valence-corrected chi connectivity index (χ4v) is 3.33. The standard InChI is InChI=1S/C16H19F2N3O4/c1-16(2,3)25-15(22)19-13-9-6-20(7-10(9)13)14-11(17)4-8(21(23)24)5-12(14)18/h4-5,9-10,13H,6-7H2,1-3H3,(H,19,22)/t9-,10+,13+. The number of benzene rings is 1. The Morgan fingerprint density at radius 1 is 1.28 bits per heavy atom. The molecule has 9 heteroatoms. The second kappa shape index (κ2) is 5.82. The second-order valence-electron chi connectivity index (χ2n) is 7.42. The first-order valence-electron chi connectivity index (χ1n) is 7.95. The molecule has 1 amide bonds. The Morgan fingerprint density at radius 2 is 1.80 bits per heavy atom. The number of halogens is 2. The number of hydrogen-bond donors (Lipinski definition) is 1. The van der Waals surface area contributed by atoms with Crippen LogP contribution >= 0.6 is 0 Å². The van der Waals surface area contributed by atoms with Crippen LogP contribution in [0.3, 0.4) is 0 Å². The van der Waals surface area contributed by atoms with Gasteiger partial charge in [0.05, 0.1) is 17.1 Å². The summed E-state index contributed by atoms with van der Waals surface area (Å²) in [7, 11) is 0. The van der Waals surface area contributed by atoms with Crippen LogP contribution in [-0.2, 0) is 4.74 Å². The summed E-state index contributed by atoms with van der Waals surface area (Å²) < 4.78 is 33.4. The zero-order valence-electron chi connectivity index (χ0n) is 14.1. The number of rotatable bonds is 3. The van der Waals surface area contributed by atoms with Gasteiger partial charge in [0.25, 0.3) is 5.69 Å². The van der Waals surface area contributed by atoms with Crippen molar-refractivity contribution in [1.82, 2.24) is 5.32 Å². The summed E-state index contributed by atoms with van der Waals surface area (Å²) in [4.78, 5) is 23.1. The molecule has 0 unspecified atom stereocenters. The molecule has 2 fully saturated rings. The third kappa shape index (κ3) is 3.49. The van der Waals surface area contributed by atoms with Gasteiger partial charge in [-0.25, -0.2) is 13.6 Å². The van der Waals surface area contributed by atoms with Gasteiger partial charge in [0.2, 0.25) is 0 Å². The Kier molecular flexibility index (Phi) is 4.04. The van der Waals surface area contributed by atoms with E-state index in [1.807, 2.05) is 0 Å². The molecule has 25 heavy (non-hydrogen) atoms. The highest BCUT2D eigenvalue weighted by Crippen LogP contribution is 2.48. The van der Waals surface area contributed by atoms with Crippen LogP contribution in [0.1, 0.15) is 20.8 Å². The minimum atomic E-state index is -0.954. The van der Waals surface area contributed by atoms with E-state index in [0.717, 1.165) is 12.1 Å². The number of non-ortho nitro benzene ring substituents is 1. The van der Waals surface area contributed by atoms with Crippen LogP contribution < -0.4 is 10.2 Å². The van der Waals surface area contributed by atoms with E-state index in [4.69, 9.17) is 4.74 Å². The number of alkyl carbamates (subject to hydrolysis) is 1. The van der Waals surface area contributed by atoms with E-state index >= 15 is 0 Å². The lowest BCUT2D eigenvalue weighted by Gasteiger charge is -2.24. The molecule has 0 radical (unpaired) electrons. The highest BCUT2D eigenvalue weighted by atomic mass is 19.1. The summed E-state index contributed by atoms with van der Waals surface area (Å²) in [6, 6.07) is 1.37. The van der Waals surface area contributed by atoms with Gasteiger partial charge in [0.15, 0.2) is 11.6 Å². The van der Waals surface area contributed by atoms with Gasteiger partial charge in [-0.1, -0.05) is 0 Å². The molecular formula is C16H19F2N3O4. The fraction of sp³-hybridized carbons (Fsp3) is 0.562. The molecule has 1 aromatic rings. The zero-order valence-corrected chi connectivity index (χ0v) is 14.1. The molecular weight excluding hydrogens is 336 g/mol. The van der Waals surface area contributed by atoms with Crippen LogP contribution in [0.25, 0.3) is 0 Å². The van der Waals surface area contributed by atoms with Gasteiger partial charge in [-0.05, 0) is 20.8 Å². The van der Waals surface area contributed by atoms with E-state index in [9.17, 15) is 23.7 Å². The molecule has 1 aromatic carbocycles. The quantitative estimate of drug-likeness (QED) is 0.666. The molecule has 3 atom stereocenters. The van der Waals surface area contributed by atoms with Gasteiger partial charge < -0.3 is 15.0 Å². The number of nitro groups is 1. The maximum absolute atomic E-state index is 14.1. The number of hydrogen-bond acceptors (Lipinski definition) is 5. The average molecular weight is 355 g/mol. The number of nitrogens with zero attached hydrogens (tertiary/aromatic N) is 2. The van der Waals surface area contributed by atoms with E-state index in [1.165, 1.54) is 4.90 Å². The molecule has 1 saturated heterocycles. The lowest BCUT2D eigenvalue weighted by molar-refractivity contribution is -0.385. The summed E-state index contributed by atoms with van der Waals surface area (Å²) >= 11 is 0. The van der Waals surface area contributed by atoms with Crippen molar-refractivity contribution >= 4 is 17.5 Å². The maximum atomic E-state index is 14.1. The molecule has 1 saturated carbocycles. The molecule has 0 spiro atoms. The molecule has 1 N–H and O–H groups in total. The van der Waals surface area contributed by atoms with E-state index < -0.39 is 33.9 Å². The Morgan fingerprint density at radius 3 is 2.24 bits per heavy atom. The number of carbonyl (C=O) groups excluding carboxylic acids is 1. The van der Waals surface area contributed by atoms with Crippen LogP contribution in [0.5, 0.6) is 0 Å². The third-order valence-corrected chi connectivity index (χ3v) is 4.41. The average Bonchev–Trinajstić information content (AvgIpc) is 2.90. The zero-order chi connectivity index (χ0) is 18.5. The molecule has 7 nitrogen and oxygen atoms in total. The molecule has 2 aliphatic rings. The SMILES string of the molecule is CC(C)(C)OC(=O)N[C@H]1[C@@H]2CN(c3c(F)cc([N+](=O)[O-])cc3F)C[C@@H]21. The topological polar surface area (TPSA) is 84.7 Å². The Labute approximate surface area is 143 Å². The molecule has 1 heterocycles. The first-order valence-corrected chi connectivity index (χ1v) is 7.95. The maximum Gasteiger partial charge on any atom is 0.407 e. The fourth-order valence-electron chi connectivity index (χ4n) is 3.33. The van der Waals surface area contributed by atoms with Gasteiger partial charge in [-0.3, -0.25) is 10.1 Å². The van der Waals surface area contributed by atoms with E-state index in [-0.39, 0.29) is 23.6 Å². The number of amides is 1. The normalized spacial score (nSPS) is 24.7. The van der Waals surface area contributed by atoms with Crippen molar-refractivity contribution in [3.63, 3.8) is 0 Å². The van der Waals surface area contributed by atoms with E-state index in [1.54, 1.807) is 20.8 Å². The first kappa shape index (κ1) is 17.4. The second-order valence-corrected chi connectivity index (χ2v) is 7.42. The van der Waals surface area contributed by atoms with Crippen molar-refractivity contribution < 1.29 is 23.2 Å². The van der Waals surface area contributed by atoms with Crippen LogP contribution in [0.15, 0.2) is 12.1 Å². The lowest BCUT2D eigenvalue weighted by atomic mass is 10.2. The van der Waals surface area contributed by atoms with Gasteiger partial charge in [-0.2, -0.15) is 0 Å². The number of nitro benzene ring substituents is 1. The Hall–Kier alpha value is -2.45. The Bertz CT molecular complexity index is 700. The lowest BCUT2D eigenvalue weighted by Crippen LogP contribution is -2.38. The minimum absolute atomic E-state index is 0.0738. The van der Waals surface area contributed by atoms with Gasteiger partial charge in [-0.15, -0.1) is 0 Å². The summed E-state index contributed by atoms with van der Waals surface area (Å²) in [5, 5.41) is 13.4. The highest BCUT2D eigenvalue weighted by molar-refractivity contribution is 5.69. The molecule has 0 aromatic heterocycles. The predicted molar refractivity (Wildman–Crippen MR) is 85.4 cm³/mol. The number of nitrogens with one attached hydrogen (secondary N) is 1.